The Hall–Kier alpha value is -0.860. The molecule has 2 nitrogen and oxygen atoms in total. The lowest BCUT2D eigenvalue weighted by Crippen LogP contribution is -2.31. The molecule has 1 fully saturated rings. The molecule has 0 amide bonds. The van der Waals surface area contributed by atoms with Crippen molar-refractivity contribution in [3.05, 3.63) is 35.4 Å². The number of ether oxygens (including phenoxy) is 1. The van der Waals surface area contributed by atoms with Crippen LogP contribution in [0.4, 0.5) is 0 Å². The number of nitrogens with one attached hydrogen (secondary N) is 1. The highest BCUT2D eigenvalue weighted by atomic mass is 16.5. The van der Waals surface area contributed by atoms with Crippen molar-refractivity contribution in [2.45, 2.75) is 18.9 Å². The van der Waals surface area contributed by atoms with Gasteiger partial charge in [-0.1, -0.05) is 24.3 Å². The summed E-state index contributed by atoms with van der Waals surface area (Å²) in [6.45, 7) is 4.12. The number of hydrogen-bond donors (Lipinski definition) is 1. The van der Waals surface area contributed by atoms with Gasteiger partial charge in [0.25, 0.3) is 0 Å². The van der Waals surface area contributed by atoms with E-state index >= 15 is 0 Å². The van der Waals surface area contributed by atoms with Gasteiger partial charge < -0.3 is 10.1 Å². The smallest absolute Gasteiger partial charge is 0.107 e. The molecule has 2 rings (SSSR count). The van der Waals surface area contributed by atoms with Crippen LogP contribution in [0.15, 0.2) is 24.3 Å². The summed E-state index contributed by atoms with van der Waals surface area (Å²) < 4.78 is 5.70. The Kier molecular flexibility index (Phi) is 2.57. The van der Waals surface area contributed by atoms with Gasteiger partial charge in [0.2, 0.25) is 0 Å². The van der Waals surface area contributed by atoms with E-state index in [2.05, 4.69) is 36.5 Å². The van der Waals surface area contributed by atoms with Crippen molar-refractivity contribution in [1.82, 2.24) is 5.32 Å². The van der Waals surface area contributed by atoms with Gasteiger partial charge in [0.05, 0.1) is 0 Å². The monoisotopic (exact) mass is 191 g/mol. The maximum absolute atomic E-state index is 5.70. The molecule has 0 bridgehead atoms. The van der Waals surface area contributed by atoms with E-state index in [1.54, 1.807) is 7.11 Å². The summed E-state index contributed by atoms with van der Waals surface area (Å²) in [4.78, 5) is 0. The molecule has 76 valence electrons. The summed E-state index contributed by atoms with van der Waals surface area (Å²) in [6, 6.07) is 8.48. The molecule has 0 aromatic heterocycles. The maximum atomic E-state index is 5.70. The van der Waals surface area contributed by atoms with Gasteiger partial charge in [0.1, 0.15) is 5.60 Å². The lowest BCUT2D eigenvalue weighted by molar-refractivity contribution is 0.00274. The second-order valence-electron chi connectivity index (χ2n) is 3.94. The molecule has 1 heterocycles. The topological polar surface area (TPSA) is 21.3 Å². The minimum atomic E-state index is -0.0919. The Balaban J connectivity index is 2.41. The third-order valence-electron chi connectivity index (χ3n) is 3.14. The maximum Gasteiger partial charge on any atom is 0.107 e. The predicted molar refractivity (Wildman–Crippen MR) is 57.4 cm³/mol. The van der Waals surface area contributed by atoms with Crippen LogP contribution in [-0.4, -0.2) is 20.2 Å². The van der Waals surface area contributed by atoms with Crippen LogP contribution in [0.25, 0.3) is 0 Å². The van der Waals surface area contributed by atoms with Crippen LogP contribution in [0.2, 0.25) is 0 Å². The van der Waals surface area contributed by atoms with Gasteiger partial charge in [-0.25, -0.2) is 0 Å². The van der Waals surface area contributed by atoms with Crippen LogP contribution in [0.1, 0.15) is 17.5 Å². The summed E-state index contributed by atoms with van der Waals surface area (Å²) in [5, 5.41) is 3.36. The van der Waals surface area contributed by atoms with Gasteiger partial charge in [-0.05, 0) is 31.0 Å². The Bertz CT molecular complexity index is 316. The fourth-order valence-corrected chi connectivity index (χ4v) is 2.27. The van der Waals surface area contributed by atoms with E-state index in [1.165, 1.54) is 11.1 Å². The van der Waals surface area contributed by atoms with E-state index in [-0.39, 0.29) is 5.60 Å². The molecule has 0 spiro atoms. The Morgan fingerprint density at radius 1 is 1.36 bits per heavy atom. The number of aryl methyl sites for hydroxylation is 1. The van der Waals surface area contributed by atoms with Gasteiger partial charge in [-0.15, -0.1) is 0 Å². The van der Waals surface area contributed by atoms with E-state index < -0.39 is 0 Å². The summed E-state index contributed by atoms with van der Waals surface area (Å²) >= 11 is 0. The molecular formula is C12H17NO. The molecular weight excluding hydrogens is 174 g/mol. The van der Waals surface area contributed by atoms with Crippen LogP contribution in [0.3, 0.4) is 0 Å². The average molecular weight is 191 g/mol. The van der Waals surface area contributed by atoms with Crippen LogP contribution < -0.4 is 5.32 Å². The average Bonchev–Trinajstić information content (AvgIpc) is 2.68. The molecule has 1 atom stereocenters. The van der Waals surface area contributed by atoms with Gasteiger partial charge in [0, 0.05) is 13.7 Å². The van der Waals surface area contributed by atoms with Crippen LogP contribution in [-0.2, 0) is 10.3 Å². The summed E-state index contributed by atoms with van der Waals surface area (Å²) in [7, 11) is 1.80. The number of benzene rings is 1. The molecule has 1 unspecified atom stereocenters. The first-order chi connectivity index (χ1) is 6.78. The third kappa shape index (κ3) is 1.45. The first kappa shape index (κ1) is 9.69. The molecule has 14 heavy (non-hydrogen) atoms. The second-order valence-corrected chi connectivity index (χ2v) is 3.94. The highest BCUT2D eigenvalue weighted by Gasteiger charge is 2.36. The number of rotatable bonds is 2. The summed E-state index contributed by atoms with van der Waals surface area (Å²) in [5.41, 5.74) is 2.55. The van der Waals surface area contributed by atoms with Crippen molar-refractivity contribution < 1.29 is 4.74 Å². The molecule has 1 aliphatic heterocycles. The molecule has 0 radical (unpaired) electrons. The lowest BCUT2D eigenvalue weighted by Gasteiger charge is -2.28. The fourth-order valence-electron chi connectivity index (χ4n) is 2.27. The lowest BCUT2D eigenvalue weighted by atomic mass is 9.89. The van der Waals surface area contributed by atoms with E-state index in [0.717, 1.165) is 19.5 Å². The molecule has 1 saturated heterocycles. The molecule has 1 N–H and O–H groups in total. The Morgan fingerprint density at radius 2 is 2.14 bits per heavy atom. The molecule has 0 aliphatic carbocycles. The number of hydrogen-bond acceptors (Lipinski definition) is 2. The summed E-state index contributed by atoms with van der Waals surface area (Å²) in [6.07, 6.45) is 1.06. The van der Waals surface area contributed by atoms with Gasteiger partial charge >= 0.3 is 0 Å². The predicted octanol–water partition coefficient (Wildman–Crippen LogP) is 1.83. The Morgan fingerprint density at radius 3 is 2.71 bits per heavy atom. The minimum Gasteiger partial charge on any atom is -0.372 e. The third-order valence-corrected chi connectivity index (χ3v) is 3.14. The standard InChI is InChI=1S/C12H17NO/c1-10-5-3-4-6-11(10)12(14-2)7-8-13-9-12/h3-6,13H,7-9H2,1-2H3. The zero-order valence-corrected chi connectivity index (χ0v) is 8.84. The van der Waals surface area contributed by atoms with Gasteiger partial charge in [-0.3, -0.25) is 0 Å². The van der Waals surface area contributed by atoms with Crippen molar-refractivity contribution in [3.8, 4) is 0 Å². The van der Waals surface area contributed by atoms with E-state index in [9.17, 15) is 0 Å². The van der Waals surface area contributed by atoms with Crippen molar-refractivity contribution in [2.75, 3.05) is 20.2 Å². The van der Waals surface area contributed by atoms with Crippen LogP contribution >= 0.6 is 0 Å². The van der Waals surface area contributed by atoms with Gasteiger partial charge in [0.15, 0.2) is 0 Å². The van der Waals surface area contributed by atoms with E-state index in [0.29, 0.717) is 0 Å². The van der Waals surface area contributed by atoms with Crippen molar-refractivity contribution in [2.24, 2.45) is 0 Å². The zero-order valence-electron chi connectivity index (χ0n) is 8.84. The van der Waals surface area contributed by atoms with Crippen molar-refractivity contribution in [3.63, 3.8) is 0 Å². The van der Waals surface area contributed by atoms with E-state index in [1.807, 2.05) is 0 Å². The largest absolute Gasteiger partial charge is 0.372 e. The van der Waals surface area contributed by atoms with Crippen molar-refractivity contribution in [1.29, 1.82) is 0 Å². The normalized spacial score (nSPS) is 26.7. The first-order valence-electron chi connectivity index (χ1n) is 5.10. The van der Waals surface area contributed by atoms with Crippen LogP contribution in [0.5, 0.6) is 0 Å². The quantitative estimate of drug-likeness (QED) is 0.770. The first-order valence-corrected chi connectivity index (χ1v) is 5.10. The van der Waals surface area contributed by atoms with E-state index in [4.69, 9.17) is 4.74 Å². The molecule has 0 saturated carbocycles. The number of methoxy groups -OCH3 is 1. The fraction of sp³-hybridized carbons (Fsp3) is 0.500. The second kappa shape index (κ2) is 3.71. The summed E-state index contributed by atoms with van der Waals surface area (Å²) in [5.74, 6) is 0. The molecule has 1 aliphatic rings. The van der Waals surface area contributed by atoms with Gasteiger partial charge in [-0.2, -0.15) is 0 Å². The molecule has 1 aromatic carbocycles. The molecule has 2 heteroatoms. The highest BCUT2D eigenvalue weighted by molar-refractivity contribution is 5.32. The minimum absolute atomic E-state index is 0.0919. The highest BCUT2D eigenvalue weighted by Crippen LogP contribution is 2.33. The van der Waals surface area contributed by atoms with Crippen molar-refractivity contribution >= 4 is 0 Å². The van der Waals surface area contributed by atoms with Crippen LogP contribution in [0, 0.1) is 6.92 Å². The zero-order chi connectivity index (χ0) is 10.0. The molecule has 1 aromatic rings. The Labute approximate surface area is 85.3 Å². The SMILES string of the molecule is COC1(c2ccccc2C)CCNC1.